The van der Waals surface area contributed by atoms with Crippen LogP contribution in [0.4, 0.5) is 11.6 Å². The molecule has 1 fully saturated rings. The Morgan fingerprint density at radius 2 is 1.92 bits per heavy atom. The fourth-order valence-corrected chi connectivity index (χ4v) is 3.50. The van der Waals surface area contributed by atoms with Crippen molar-refractivity contribution in [2.45, 2.75) is 26.2 Å². The summed E-state index contributed by atoms with van der Waals surface area (Å²) in [5, 5.41) is 6.20. The monoisotopic (exact) mass is 417 g/mol. The fraction of sp³-hybridized carbons (Fsp3) is 0.421. The van der Waals surface area contributed by atoms with Crippen molar-refractivity contribution in [1.82, 2.24) is 15.3 Å². The van der Waals surface area contributed by atoms with Crippen LogP contribution in [0.25, 0.3) is 0 Å². The number of rotatable bonds is 6. The van der Waals surface area contributed by atoms with Crippen molar-refractivity contribution in [3.05, 3.63) is 46.2 Å². The molecule has 0 spiro atoms. The summed E-state index contributed by atoms with van der Waals surface area (Å²) < 4.78 is 0.794. The third-order valence-corrected chi connectivity index (χ3v) is 5.03. The number of aromatic nitrogens is 2. The molecule has 1 aliphatic rings. The Labute approximate surface area is 162 Å². The number of hydrogen-bond acceptors (Lipinski definition) is 5. The first-order valence-electron chi connectivity index (χ1n) is 9.01. The van der Waals surface area contributed by atoms with Gasteiger partial charge in [-0.3, -0.25) is 4.79 Å². The number of amides is 1. The van der Waals surface area contributed by atoms with E-state index in [4.69, 9.17) is 0 Å². The molecule has 0 atom stereocenters. The Bertz CT molecular complexity index is 761. The summed E-state index contributed by atoms with van der Waals surface area (Å²) in [5.74, 6) is 2.45. The Kier molecular flexibility index (Phi) is 6.44. The average Bonchev–Trinajstić information content (AvgIpc) is 2.66. The largest absolute Gasteiger partial charge is 0.368 e. The van der Waals surface area contributed by atoms with Gasteiger partial charge in [0.05, 0.1) is 5.56 Å². The summed E-state index contributed by atoms with van der Waals surface area (Å²) in [6.45, 7) is 5.14. The quantitative estimate of drug-likeness (QED) is 0.704. The molecule has 2 heterocycles. The molecule has 2 N–H and O–H groups in total. The molecule has 138 valence electrons. The average molecular weight is 418 g/mol. The highest BCUT2D eigenvalue weighted by molar-refractivity contribution is 9.10. The molecule has 3 rings (SSSR count). The standard InChI is InChI=1S/C19H24BrN5O/c1-14-23-17(13-18(24-14)25-11-5-2-6-12-25)21-9-10-22-19(26)15-7-3-4-8-16(15)20/h3-4,7-8,13H,2,5-6,9-12H2,1H3,(H,22,26)(H,21,23,24). The number of carbonyl (C=O) groups is 1. The zero-order chi connectivity index (χ0) is 18.4. The van der Waals surface area contributed by atoms with E-state index in [1.807, 2.05) is 31.2 Å². The molecule has 0 aliphatic carbocycles. The topological polar surface area (TPSA) is 70.2 Å². The van der Waals surface area contributed by atoms with Gasteiger partial charge in [0.25, 0.3) is 5.91 Å². The molecule has 1 saturated heterocycles. The summed E-state index contributed by atoms with van der Waals surface area (Å²) in [4.78, 5) is 23.5. The van der Waals surface area contributed by atoms with E-state index in [0.717, 1.165) is 35.0 Å². The van der Waals surface area contributed by atoms with Gasteiger partial charge in [-0.2, -0.15) is 0 Å². The lowest BCUT2D eigenvalue weighted by atomic mass is 10.1. The van der Waals surface area contributed by atoms with Crippen molar-refractivity contribution in [3.63, 3.8) is 0 Å². The molecule has 1 amide bonds. The van der Waals surface area contributed by atoms with Crippen LogP contribution in [0.1, 0.15) is 35.4 Å². The van der Waals surface area contributed by atoms with Gasteiger partial charge in [-0.1, -0.05) is 12.1 Å². The summed E-state index contributed by atoms with van der Waals surface area (Å²) in [5.41, 5.74) is 0.637. The minimum Gasteiger partial charge on any atom is -0.368 e. The normalized spacial score (nSPS) is 14.2. The summed E-state index contributed by atoms with van der Waals surface area (Å²) in [6.07, 6.45) is 3.72. The first-order chi connectivity index (χ1) is 12.6. The second-order valence-corrected chi connectivity index (χ2v) is 7.22. The number of nitrogens with one attached hydrogen (secondary N) is 2. The molecule has 7 heteroatoms. The molecular weight excluding hydrogens is 394 g/mol. The van der Waals surface area contributed by atoms with Crippen molar-refractivity contribution >= 4 is 33.5 Å². The number of piperidine rings is 1. The third kappa shape index (κ3) is 4.94. The maximum absolute atomic E-state index is 12.2. The zero-order valence-corrected chi connectivity index (χ0v) is 16.6. The lowest BCUT2D eigenvalue weighted by molar-refractivity contribution is 0.0954. The van der Waals surface area contributed by atoms with Crippen molar-refractivity contribution < 1.29 is 4.79 Å². The Morgan fingerprint density at radius 3 is 2.69 bits per heavy atom. The Hall–Kier alpha value is -2.15. The van der Waals surface area contributed by atoms with Crippen LogP contribution < -0.4 is 15.5 Å². The van der Waals surface area contributed by atoms with E-state index in [9.17, 15) is 4.79 Å². The molecule has 1 aliphatic heterocycles. The van der Waals surface area contributed by atoms with Crippen molar-refractivity contribution in [1.29, 1.82) is 0 Å². The van der Waals surface area contributed by atoms with Gasteiger partial charge in [0.2, 0.25) is 0 Å². The molecule has 0 unspecified atom stereocenters. The zero-order valence-electron chi connectivity index (χ0n) is 15.0. The van der Waals surface area contributed by atoms with E-state index in [0.29, 0.717) is 18.7 Å². The van der Waals surface area contributed by atoms with E-state index in [1.165, 1.54) is 19.3 Å². The number of hydrogen-bond donors (Lipinski definition) is 2. The Balaban J connectivity index is 1.52. The van der Waals surface area contributed by atoms with Gasteiger partial charge in [-0.15, -0.1) is 0 Å². The predicted molar refractivity (Wildman–Crippen MR) is 108 cm³/mol. The second-order valence-electron chi connectivity index (χ2n) is 6.37. The minimum atomic E-state index is -0.0906. The van der Waals surface area contributed by atoms with Crippen LogP contribution in [-0.2, 0) is 0 Å². The molecule has 26 heavy (non-hydrogen) atoms. The minimum absolute atomic E-state index is 0.0906. The van der Waals surface area contributed by atoms with Crippen molar-refractivity contribution in [2.24, 2.45) is 0 Å². The predicted octanol–water partition coefficient (Wildman–Crippen LogP) is 3.38. The lowest BCUT2D eigenvalue weighted by Gasteiger charge is -2.28. The van der Waals surface area contributed by atoms with Crippen LogP contribution >= 0.6 is 15.9 Å². The van der Waals surface area contributed by atoms with Gasteiger partial charge in [0, 0.05) is 36.7 Å². The SMILES string of the molecule is Cc1nc(NCCNC(=O)c2ccccc2Br)cc(N2CCCCC2)n1. The van der Waals surface area contributed by atoms with Crippen LogP contribution in [0.2, 0.25) is 0 Å². The van der Waals surface area contributed by atoms with Gasteiger partial charge in [-0.05, 0) is 54.2 Å². The van der Waals surface area contributed by atoms with Gasteiger partial charge in [0.1, 0.15) is 17.5 Å². The van der Waals surface area contributed by atoms with E-state index >= 15 is 0 Å². The van der Waals surface area contributed by atoms with E-state index < -0.39 is 0 Å². The van der Waals surface area contributed by atoms with E-state index in [1.54, 1.807) is 6.07 Å². The Morgan fingerprint density at radius 1 is 1.15 bits per heavy atom. The van der Waals surface area contributed by atoms with Gasteiger partial charge < -0.3 is 15.5 Å². The highest BCUT2D eigenvalue weighted by Gasteiger charge is 2.14. The van der Waals surface area contributed by atoms with Crippen LogP contribution in [0.15, 0.2) is 34.8 Å². The van der Waals surface area contributed by atoms with E-state index in [2.05, 4.69) is 41.4 Å². The molecule has 1 aromatic heterocycles. The highest BCUT2D eigenvalue weighted by atomic mass is 79.9. The first kappa shape index (κ1) is 18.6. The van der Waals surface area contributed by atoms with Gasteiger partial charge in [-0.25, -0.2) is 9.97 Å². The lowest BCUT2D eigenvalue weighted by Crippen LogP contribution is -2.31. The van der Waals surface area contributed by atoms with Crippen molar-refractivity contribution in [3.8, 4) is 0 Å². The number of halogens is 1. The van der Waals surface area contributed by atoms with Crippen molar-refractivity contribution in [2.75, 3.05) is 36.4 Å². The second kappa shape index (κ2) is 8.98. The molecule has 0 saturated carbocycles. The summed E-state index contributed by atoms with van der Waals surface area (Å²) in [6, 6.07) is 9.39. The number of anilines is 2. The fourth-order valence-electron chi connectivity index (χ4n) is 3.03. The van der Waals surface area contributed by atoms with Crippen LogP contribution in [0, 0.1) is 6.92 Å². The molecular formula is C19H24BrN5O. The number of benzene rings is 1. The van der Waals surface area contributed by atoms with Crippen LogP contribution in [0.5, 0.6) is 0 Å². The smallest absolute Gasteiger partial charge is 0.252 e. The maximum atomic E-state index is 12.2. The molecule has 2 aromatic rings. The maximum Gasteiger partial charge on any atom is 0.252 e. The molecule has 0 bridgehead atoms. The number of carbonyl (C=O) groups excluding carboxylic acids is 1. The molecule has 1 aromatic carbocycles. The third-order valence-electron chi connectivity index (χ3n) is 4.34. The number of nitrogens with zero attached hydrogens (tertiary/aromatic N) is 3. The molecule has 6 nitrogen and oxygen atoms in total. The van der Waals surface area contributed by atoms with E-state index in [-0.39, 0.29) is 5.91 Å². The van der Waals surface area contributed by atoms with Gasteiger partial charge in [0.15, 0.2) is 0 Å². The first-order valence-corrected chi connectivity index (χ1v) is 9.80. The number of aryl methyl sites for hydroxylation is 1. The van der Waals surface area contributed by atoms with Crippen LogP contribution in [-0.4, -0.2) is 42.1 Å². The van der Waals surface area contributed by atoms with Crippen LogP contribution in [0.3, 0.4) is 0 Å². The highest BCUT2D eigenvalue weighted by Crippen LogP contribution is 2.20. The van der Waals surface area contributed by atoms with Gasteiger partial charge >= 0.3 is 0 Å². The summed E-state index contributed by atoms with van der Waals surface area (Å²) >= 11 is 3.40. The summed E-state index contributed by atoms with van der Waals surface area (Å²) in [7, 11) is 0. The molecule has 0 radical (unpaired) electrons.